The fraction of sp³-hybridized carbons (Fsp3) is 0.310. The smallest absolute Gasteiger partial charge is 0.264 e. The lowest BCUT2D eigenvalue weighted by Crippen LogP contribution is -2.54. The number of anilines is 1. The number of nitrogens with zero attached hydrogens (tertiary/aromatic N) is 2. The maximum atomic E-state index is 13.9. The minimum atomic E-state index is -4.14. The van der Waals surface area contributed by atoms with E-state index < -0.39 is 34.1 Å². The second-order valence-corrected chi connectivity index (χ2v) is 12.5. The van der Waals surface area contributed by atoms with E-state index in [4.69, 9.17) is 11.6 Å². The van der Waals surface area contributed by atoms with Crippen molar-refractivity contribution in [2.75, 3.05) is 10.8 Å². The van der Waals surface area contributed by atoms with Gasteiger partial charge in [-0.3, -0.25) is 13.9 Å². The Morgan fingerprint density at radius 3 is 2.16 bits per heavy atom. The van der Waals surface area contributed by atoms with Gasteiger partial charge in [-0.05, 0) is 82.1 Å². The molecule has 7 nitrogen and oxygen atoms in total. The predicted octanol–water partition coefficient (Wildman–Crippen LogP) is 5.18. The maximum Gasteiger partial charge on any atom is 0.264 e. The highest BCUT2D eigenvalue weighted by atomic mass is 35.5. The molecule has 0 spiro atoms. The molecule has 0 aliphatic rings. The predicted molar refractivity (Wildman–Crippen MR) is 152 cm³/mol. The van der Waals surface area contributed by atoms with Crippen LogP contribution in [0.4, 0.5) is 5.69 Å². The summed E-state index contributed by atoms with van der Waals surface area (Å²) in [6.07, 6.45) is 0. The van der Waals surface area contributed by atoms with Crippen LogP contribution < -0.4 is 9.62 Å². The summed E-state index contributed by atoms with van der Waals surface area (Å²) in [5, 5.41) is 3.31. The van der Waals surface area contributed by atoms with Crippen LogP contribution >= 0.6 is 11.6 Å². The highest BCUT2D eigenvalue weighted by Gasteiger charge is 2.33. The standard InChI is InChI=1S/C29H34ClN3O4S/c1-21-10-9-13-25(18-21)33(38(36,37)26-16-14-24(30)15-17-26)20-27(34)32(19-23-11-7-6-8-12-23)22(2)28(35)31-29(3,4)5/h6-18,22H,19-20H2,1-5H3,(H,31,35)/t22-/m0/s1. The summed E-state index contributed by atoms with van der Waals surface area (Å²) in [4.78, 5) is 28.4. The zero-order chi connectivity index (χ0) is 28.1. The van der Waals surface area contributed by atoms with Gasteiger partial charge < -0.3 is 10.2 Å². The van der Waals surface area contributed by atoms with Crippen molar-refractivity contribution in [2.45, 2.75) is 57.6 Å². The molecule has 38 heavy (non-hydrogen) atoms. The van der Waals surface area contributed by atoms with Crippen molar-refractivity contribution in [3.63, 3.8) is 0 Å². The third-order valence-corrected chi connectivity index (χ3v) is 7.87. The van der Waals surface area contributed by atoms with Gasteiger partial charge in [0.25, 0.3) is 10.0 Å². The summed E-state index contributed by atoms with van der Waals surface area (Å²) >= 11 is 5.99. The van der Waals surface area contributed by atoms with Gasteiger partial charge in [-0.25, -0.2) is 8.42 Å². The van der Waals surface area contributed by atoms with Crippen LogP contribution in [0, 0.1) is 6.92 Å². The summed E-state index contributed by atoms with van der Waals surface area (Å²) in [5.41, 5.74) is 1.50. The zero-order valence-electron chi connectivity index (χ0n) is 22.3. The largest absolute Gasteiger partial charge is 0.350 e. The van der Waals surface area contributed by atoms with Gasteiger partial charge in [0.1, 0.15) is 12.6 Å². The van der Waals surface area contributed by atoms with Gasteiger partial charge in [0, 0.05) is 17.1 Å². The van der Waals surface area contributed by atoms with E-state index in [1.54, 1.807) is 25.1 Å². The first-order valence-electron chi connectivity index (χ1n) is 12.3. The second kappa shape index (κ2) is 12.0. The van der Waals surface area contributed by atoms with Crippen LogP contribution in [-0.4, -0.2) is 43.3 Å². The molecule has 0 aliphatic carbocycles. The maximum absolute atomic E-state index is 13.9. The van der Waals surface area contributed by atoms with Crippen molar-refractivity contribution in [1.82, 2.24) is 10.2 Å². The normalized spacial score (nSPS) is 12.5. The number of carbonyl (C=O) groups excluding carboxylic acids is 2. The number of hydrogen-bond donors (Lipinski definition) is 1. The number of amides is 2. The fourth-order valence-electron chi connectivity index (χ4n) is 3.88. The number of benzene rings is 3. The fourth-order valence-corrected chi connectivity index (χ4v) is 5.41. The number of sulfonamides is 1. The van der Waals surface area contributed by atoms with E-state index in [2.05, 4.69) is 5.32 Å². The Labute approximate surface area is 230 Å². The van der Waals surface area contributed by atoms with E-state index in [1.807, 2.05) is 64.1 Å². The van der Waals surface area contributed by atoms with Crippen molar-refractivity contribution in [3.05, 3.63) is 95.0 Å². The van der Waals surface area contributed by atoms with Gasteiger partial charge in [0.15, 0.2) is 0 Å². The molecular weight excluding hydrogens is 522 g/mol. The second-order valence-electron chi connectivity index (χ2n) is 10.2. The summed E-state index contributed by atoms with van der Waals surface area (Å²) < 4.78 is 28.7. The van der Waals surface area contributed by atoms with Crippen LogP contribution in [0.1, 0.15) is 38.8 Å². The van der Waals surface area contributed by atoms with Crippen LogP contribution in [-0.2, 0) is 26.2 Å². The average molecular weight is 556 g/mol. The minimum Gasteiger partial charge on any atom is -0.350 e. The van der Waals surface area contributed by atoms with Crippen LogP contribution in [0.3, 0.4) is 0 Å². The Balaban J connectivity index is 2.03. The van der Waals surface area contributed by atoms with Gasteiger partial charge in [-0.1, -0.05) is 54.1 Å². The van der Waals surface area contributed by atoms with Crippen LogP contribution in [0.15, 0.2) is 83.8 Å². The molecule has 9 heteroatoms. The molecule has 0 radical (unpaired) electrons. The Bertz CT molecular complexity index is 1370. The first kappa shape index (κ1) is 29.2. The minimum absolute atomic E-state index is 0.00402. The molecule has 0 bridgehead atoms. The molecule has 202 valence electrons. The van der Waals surface area contributed by atoms with Gasteiger partial charge in [0.05, 0.1) is 10.6 Å². The molecule has 0 fully saturated rings. The molecule has 0 aliphatic heterocycles. The lowest BCUT2D eigenvalue weighted by Gasteiger charge is -2.33. The van der Waals surface area contributed by atoms with E-state index in [1.165, 1.54) is 29.2 Å². The number of aryl methyl sites for hydroxylation is 1. The van der Waals surface area contributed by atoms with E-state index >= 15 is 0 Å². The van der Waals surface area contributed by atoms with Crippen molar-refractivity contribution in [3.8, 4) is 0 Å². The molecule has 0 aromatic heterocycles. The highest BCUT2D eigenvalue weighted by molar-refractivity contribution is 7.92. The summed E-state index contributed by atoms with van der Waals surface area (Å²) in [7, 11) is -4.14. The number of carbonyl (C=O) groups is 2. The van der Waals surface area contributed by atoms with E-state index in [-0.39, 0.29) is 17.3 Å². The third-order valence-electron chi connectivity index (χ3n) is 5.83. The number of nitrogens with one attached hydrogen (secondary N) is 1. The number of rotatable bonds is 9. The van der Waals surface area contributed by atoms with Crippen molar-refractivity contribution < 1.29 is 18.0 Å². The molecule has 0 unspecified atom stereocenters. The lowest BCUT2D eigenvalue weighted by atomic mass is 10.1. The number of halogens is 1. The van der Waals surface area contributed by atoms with Gasteiger partial charge in [-0.15, -0.1) is 0 Å². The van der Waals surface area contributed by atoms with Crippen LogP contribution in [0.25, 0.3) is 0 Å². The SMILES string of the molecule is Cc1cccc(N(CC(=O)N(Cc2ccccc2)[C@@H](C)C(=O)NC(C)(C)C)S(=O)(=O)c2ccc(Cl)cc2)c1. The highest BCUT2D eigenvalue weighted by Crippen LogP contribution is 2.26. The Hall–Kier alpha value is -3.36. The topological polar surface area (TPSA) is 86.8 Å². The summed E-state index contributed by atoms with van der Waals surface area (Å²) in [5.74, 6) is -0.839. The average Bonchev–Trinajstić information content (AvgIpc) is 2.85. The van der Waals surface area contributed by atoms with Gasteiger partial charge in [-0.2, -0.15) is 0 Å². The van der Waals surface area contributed by atoms with E-state index in [0.717, 1.165) is 15.4 Å². The molecule has 0 saturated heterocycles. The van der Waals surface area contributed by atoms with E-state index in [0.29, 0.717) is 10.7 Å². The lowest BCUT2D eigenvalue weighted by molar-refractivity contribution is -0.140. The third kappa shape index (κ3) is 7.58. The first-order valence-corrected chi connectivity index (χ1v) is 14.1. The molecule has 0 heterocycles. The molecular formula is C29H34ClN3O4S. The van der Waals surface area contributed by atoms with Gasteiger partial charge >= 0.3 is 0 Å². The molecule has 1 N–H and O–H groups in total. The van der Waals surface area contributed by atoms with Crippen LogP contribution in [0.2, 0.25) is 5.02 Å². The molecule has 0 saturated carbocycles. The molecule has 2 amide bonds. The van der Waals surface area contributed by atoms with Crippen molar-refractivity contribution in [1.29, 1.82) is 0 Å². The quantitative estimate of drug-likeness (QED) is 0.394. The monoisotopic (exact) mass is 555 g/mol. The summed E-state index contributed by atoms with van der Waals surface area (Å²) in [6.45, 7) is 8.72. The van der Waals surface area contributed by atoms with Crippen LogP contribution in [0.5, 0.6) is 0 Å². The number of hydrogen-bond acceptors (Lipinski definition) is 4. The molecule has 3 rings (SSSR count). The Morgan fingerprint density at radius 2 is 1.58 bits per heavy atom. The molecule has 3 aromatic carbocycles. The molecule has 1 atom stereocenters. The first-order chi connectivity index (χ1) is 17.8. The van der Waals surface area contributed by atoms with E-state index in [9.17, 15) is 18.0 Å². The van der Waals surface area contributed by atoms with Gasteiger partial charge in [0.2, 0.25) is 11.8 Å². The summed E-state index contributed by atoms with van der Waals surface area (Å²) in [6, 6.07) is 21.2. The van der Waals surface area contributed by atoms with Crippen molar-refractivity contribution in [2.24, 2.45) is 0 Å². The molecule has 3 aromatic rings. The van der Waals surface area contributed by atoms with Crippen molar-refractivity contribution >= 4 is 39.1 Å². The Morgan fingerprint density at radius 1 is 0.947 bits per heavy atom. The zero-order valence-corrected chi connectivity index (χ0v) is 23.9. The Kier molecular flexibility index (Phi) is 9.22.